The van der Waals surface area contributed by atoms with E-state index in [1.807, 2.05) is 0 Å². The van der Waals surface area contributed by atoms with Crippen LogP contribution in [0.4, 0.5) is 0 Å². The van der Waals surface area contributed by atoms with E-state index < -0.39 is 5.54 Å². The van der Waals surface area contributed by atoms with Crippen LogP contribution in [0.3, 0.4) is 0 Å². The average Bonchev–Trinajstić information content (AvgIpc) is 2.78. The second kappa shape index (κ2) is 7.45. The predicted molar refractivity (Wildman–Crippen MR) is 98.7 cm³/mol. The third kappa shape index (κ3) is 3.78. The largest absolute Gasteiger partial charge is 0.369 e. The molecule has 2 N–H and O–H groups in total. The third-order valence-corrected chi connectivity index (χ3v) is 6.74. The van der Waals surface area contributed by atoms with Gasteiger partial charge in [0, 0.05) is 7.05 Å². The molecule has 0 aromatic carbocycles. The number of amides is 1. The molecule has 24 heavy (non-hydrogen) atoms. The fraction of sp³-hybridized carbons (Fsp3) is 0.900. The normalized spacial score (nSPS) is 35.3. The number of carbonyl (C=O) groups excluding carboxylic acids is 1. The van der Waals surface area contributed by atoms with Crippen LogP contribution in [0.5, 0.6) is 0 Å². The SMILES string of the molecule is C[C@@H]1CCC[C@@H](C[C@@]2(CCC3CCCCC3)N=C(N)N(C)C2=O)C1. The fourth-order valence-corrected chi connectivity index (χ4v) is 5.30. The Kier molecular flexibility index (Phi) is 5.51. The highest BCUT2D eigenvalue weighted by atomic mass is 16.2. The zero-order chi connectivity index (χ0) is 17.2. The van der Waals surface area contributed by atoms with Crippen LogP contribution >= 0.6 is 0 Å². The highest BCUT2D eigenvalue weighted by molar-refractivity contribution is 6.06. The molecule has 0 radical (unpaired) electrons. The van der Waals surface area contributed by atoms with Gasteiger partial charge in [-0.3, -0.25) is 9.69 Å². The Bertz CT molecular complexity index is 483. The summed E-state index contributed by atoms with van der Waals surface area (Å²) in [6, 6.07) is 0. The molecule has 1 aliphatic heterocycles. The fourth-order valence-electron chi connectivity index (χ4n) is 5.30. The molecular formula is C20H35N3O. The first-order valence-corrected chi connectivity index (χ1v) is 10.1. The molecule has 0 aromatic rings. The van der Waals surface area contributed by atoms with Gasteiger partial charge in [-0.05, 0) is 43.4 Å². The van der Waals surface area contributed by atoms with Crippen molar-refractivity contribution in [3.8, 4) is 0 Å². The van der Waals surface area contributed by atoms with Gasteiger partial charge >= 0.3 is 0 Å². The second-order valence-corrected chi connectivity index (χ2v) is 8.75. The molecule has 4 heteroatoms. The van der Waals surface area contributed by atoms with Gasteiger partial charge in [0.1, 0.15) is 5.54 Å². The first kappa shape index (κ1) is 17.8. The Balaban J connectivity index is 1.70. The van der Waals surface area contributed by atoms with Gasteiger partial charge in [0.15, 0.2) is 5.96 Å². The number of likely N-dealkylation sites (N-methyl/N-ethyl adjacent to an activating group) is 1. The summed E-state index contributed by atoms with van der Waals surface area (Å²) in [4.78, 5) is 19.3. The molecule has 3 atom stereocenters. The molecule has 3 rings (SSSR count). The van der Waals surface area contributed by atoms with Crippen molar-refractivity contribution >= 4 is 11.9 Å². The van der Waals surface area contributed by atoms with Crippen LogP contribution in [0.2, 0.25) is 0 Å². The smallest absolute Gasteiger partial charge is 0.257 e. The summed E-state index contributed by atoms with van der Waals surface area (Å²) in [6.45, 7) is 2.35. The molecule has 0 aromatic heterocycles. The van der Waals surface area contributed by atoms with Crippen LogP contribution in [0.1, 0.15) is 84.0 Å². The molecule has 0 bridgehead atoms. The molecule has 1 amide bonds. The zero-order valence-corrected chi connectivity index (χ0v) is 15.6. The topological polar surface area (TPSA) is 58.7 Å². The van der Waals surface area contributed by atoms with Gasteiger partial charge in [-0.2, -0.15) is 0 Å². The van der Waals surface area contributed by atoms with Crippen molar-refractivity contribution in [1.29, 1.82) is 0 Å². The van der Waals surface area contributed by atoms with E-state index in [4.69, 9.17) is 10.7 Å². The standard InChI is InChI=1S/C20H35N3O/c1-15-7-6-10-17(13-15)14-20(18(24)23(2)19(21)22-20)12-11-16-8-4-3-5-9-16/h15-17H,3-14H2,1-2H3,(H2,21,22)/t15-,17-,20-/m1/s1. The summed E-state index contributed by atoms with van der Waals surface area (Å²) in [5.41, 5.74) is 5.48. The van der Waals surface area contributed by atoms with E-state index in [0.717, 1.165) is 31.1 Å². The van der Waals surface area contributed by atoms with Crippen molar-refractivity contribution in [2.45, 2.75) is 89.5 Å². The van der Waals surface area contributed by atoms with Crippen LogP contribution in [-0.4, -0.2) is 29.4 Å². The molecule has 2 aliphatic carbocycles. The Morgan fingerprint density at radius 3 is 2.46 bits per heavy atom. The minimum absolute atomic E-state index is 0.147. The van der Waals surface area contributed by atoms with Crippen molar-refractivity contribution in [3.05, 3.63) is 0 Å². The predicted octanol–water partition coefficient (Wildman–Crippen LogP) is 4.09. The summed E-state index contributed by atoms with van der Waals surface area (Å²) in [6.07, 6.45) is 14.8. The van der Waals surface area contributed by atoms with Crippen molar-refractivity contribution in [2.24, 2.45) is 28.5 Å². The minimum atomic E-state index is -0.558. The van der Waals surface area contributed by atoms with Crippen LogP contribution in [0, 0.1) is 17.8 Å². The number of hydrogen-bond acceptors (Lipinski definition) is 3. The molecule has 3 aliphatic rings. The van der Waals surface area contributed by atoms with Gasteiger partial charge in [-0.1, -0.05) is 58.3 Å². The van der Waals surface area contributed by atoms with E-state index in [-0.39, 0.29) is 5.91 Å². The van der Waals surface area contributed by atoms with E-state index in [1.165, 1.54) is 57.8 Å². The number of nitrogens with two attached hydrogens (primary N) is 1. The van der Waals surface area contributed by atoms with Crippen LogP contribution in [0.15, 0.2) is 4.99 Å². The molecule has 4 nitrogen and oxygen atoms in total. The van der Waals surface area contributed by atoms with Gasteiger partial charge in [-0.15, -0.1) is 0 Å². The van der Waals surface area contributed by atoms with Gasteiger partial charge in [0.2, 0.25) is 0 Å². The van der Waals surface area contributed by atoms with Crippen molar-refractivity contribution in [1.82, 2.24) is 4.90 Å². The highest BCUT2D eigenvalue weighted by Gasteiger charge is 2.47. The monoisotopic (exact) mass is 333 g/mol. The van der Waals surface area contributed by atoms with E-state index >= 15 is 0 Å². The number of nitrogens with zero attached hydrogens (tertiary/aromatic N) is 2. The van der Waals surface area contributed by atoms with Crippen molar-refractivity contribution < 1.29 is 4.79 Å². The molecule has 0 spiro atoms. The Labute approximate surface area is 147 Å². The number of carbonyl (C=O) groups is 1. The maximum atomic E-state index is 13.0. The van der Waals surface area contributed by atoms with Gasteiger partial charge in [0.05, 0.1) is 0 Å². The van der Waals surface area contributed by atoms with Gasteiger partial charge in [0.25, 0.3) is 5.91 Å². The van der Waals surface area contributed by atoms with Gasteiger partial charge in [-0.25, -0.2) is 4.99 Å². The summed E-state index contributed by atoms with van der Waals surface area (Å²) in [5.74, 6) is 2.78. The molecular weight excluding hydrogens is 298 g/mol. The van der Waals surface area contributed by atoms with E-state index in [0.29, 0.717) is 11.9 Å². The quantitative estimate of drug-likeness (QED) is 0.824. The lowest BCUT2D eigenvalue weighted by molar-refractivity contribution is -0.131. The Morgan fingerprint density at radius 1 is 1.12 bits per heavy atom. The lowest BCUT2D eigenvalue weighted by Crippen LogP contribution is -2.44. The molecule has 1 heterocycles. The maximum Gasteiger partial charge on any atom is 0.257 e. The van der Waals surface area contributed by atoms with Crippen LogP contribution in [0.25, 0.3) is 0 Å². The van der Waals surface area contributed by atoms with E-state index in [2.05, 4.69) is 6.92 Å². The lowest BCUT2D eigenvalue weighted by Gasteiger charge is -2.34. The summed E-state index contributed by atoms with van der Waals surface area (Å²) in [7, 11) is 1.78. The van der Waals surface area contributed by atoms with E-state index in [9.17, 15) is 4.79 Å². The van der Waals surface area contributed by atoms with Gasteiger partial charge < -0.3 is 5.73 Å². The van der Waals surface area contributed by atoms with E-state index in [1.54, 1.807) is 11.9 Å². The molecule has 0 unspecified atom stereocenters. The summed E-state index contributed by atoms with van der Waals surface area (Å²) >= 11 is 0. The number of aliphatic imine (C=N–C) groups is 1. The number of guanidine groups is 1. The average molecular weight is 334 g/mol. The minimum Gasteiger partial charge on any atom is -0.369 e. The molecule has 2 saturated carbocycles. The molecule has 2 fully saturated rings. The Hall–Kier alpha value is -1.06. The summed E-state index contributed by atoms with van der Waals surface area (Å²) in [5, 5.41) is 0. The molecule has 136 valence electrons. The van der Waals surface area contributed by atoms with Crippen molar-refractivity contribution in [2.75, 3.05) is 7.05 Å². The number of hydrogen-bond donors (Lipinski definition) is 1. The molecule has 0 saturated heterocycles. The third-order valence-electron chi connectivity index (χ3n) is 6.74. The van der Waals surface area contributed by atoms with Crippen molar-refractivity contribution in [3.63, 3.8) is 0 Å². The summed E-state index contributed by atoms with van der Waals surface area (Å²) < 4.78 is 0. The first-order valence-electron chi connectivity index (χ1n) is 10.1. The van der Waals surface area contributed by atoms with Crippen LogP contribution < -0.4 is 5.73 Å². The first-order chi connectivity index (χ1) is 11.5. The highest BCUT2D eigenvalue weighted by Crippen LogP contribution is 2.41. The van der Waals surface area contributed by atoms with Crippen LogP contribution in [-0.2, 0) is 4.79 Å². The lowest BCUT2D eigenvalue weighted by atomic mass is 9.73. The zero-order valence-electron chi connectivity index (χ0n) is 15.6. The Morgan fingerprint density at radius 2 is 1.83 bits per heavy atom. The number of rotatable bonds is 5. The second-order valence-electron chi connectivity index (χ2n) is 8.75. The maximum absolute atomic E-state index is 13.0.